The molecule has 2 aromatic rings. The lowest BCUT2D eigenvalue weighted by Crippen LogP contribution is -2.32. The number of carbonyl (C=O) groups excluding carboxylic acids is 2. The third kappa shape index (κ3) is 4.70. The summed E-state index contributed by atoms with van der Waals surface area (Å²) in [5, 5.41) is 6.03. The van der Waals surface area contributed by atoms with E-state index >= 15 is 0 Å². The second kappa shape index (κ2) is 8.82. The van der Waals surface area contributed by atoms with Gasteiger partial charge in [-0.05, 0) is 24.3 Å². The fourth-order valence-corrected chi connectivity index (χ4v) is 2.13. The summed E-state index contributed by atoms with van der Waals surface area (Å²) in [6.45, 7) is 0. The van der Waals surface area contributed by atoms with E-state index < -0.39 is 17.6 Å². The molecule has 2 N–H and O–H groups in total. The summed E-state index contributed by atoms with van der Waals surface area (Å²) in [6, 6.07) is 8.75. The molecule has 0 saturated carbocycles. The first-order valence-corrected chi connectivity index (χ1v) is 7.64. The summed E-state index contributed by atoms with van der Waals surface area (Å²) in [7, 11) is 2.90. The lowest BCUT2D eigenvalue weighted by atomic mass is 10.2. The first kappa shape index (κ1) is 19.2. The summed E-state index contributed by atoms with van der Waals surface area (Å²) in [6.07, 6.45) is 1.01. The van der Waals surface area contributed by atoms with Crippen molar-refractivity contribution in [3.63, 3.8) is 0 Å². The Hall–Kier alpha value is -3.13. The van der Waals surface area contributed by atoms with Crippen LogP contribution in [0.3, 0.4) is 0 Å². The van der Waals surface area contributed by atoms with E-state index in [1.165, 1.54) is 38.5 Å². The Morgan fingerprint density at radius 1 is 1.15 bits per heavy atom. The van der Waals surface area contributed by atoms with Crippen LogP contribution in [0.1, 0.15) is 5.56 Å². The minimum Gasteiger partial charge on any atom is -0.497 e. The Morgan fingerprint density at radius 2 is 1.92 bits per heavy atom. The molecule has 2 amide bonds. The molecule has 136 valence electrons. The van der Waals surface area contributed by atoms with Crippen LogP contribution in [-0.2, 0) is 9.59 Å². The smallest absolute Gasteiger partial charge is 0.329 e. The maximum Gasteiger partial charge on any atom is 0.329 e. The van der Waals surface area contributed by atoms with E-state index in [9.17, 15) is 14.0 Å². The number of carbonyl (C=O) groups is 2. The van der Waals surface area contributed by atoms with Crippen LogP contribution < -0.4 is 20.2 Å². The van der Waals surface area contributed by atoms with Gasteiger partial charge in [0.1, 0.15) is 17.3 Å². The van der Waals surface area contributed by atoms with Gasteiger partial charge in [-0.2, -0.15) is 5.10 Å². The van der Waals surface area contributed by atoms with Gasteiger partial charge < -0.3 is 14.8 Å². The van der Waals surface area contributed by atoms with Crippen LogP contribution in [0.15, 0.2) is 41.5 Å². The molecule has 7 nitrogen and oxygen atoms in total. The Balaban J connectivity index is 2.02. The zero-order valence-corrected chi connectivity index (χ0v) is 14.6. The molecule has 0 fully saturated rings. The Kier molecular flexibility index (Phi) is 6.51. The number of ether oxygens (including phenoxy) is 2. The van der Waals surface area contributed by atoms with Crippen LogP contribution in [0.5, 0.6) is 11.5 Å². The molecule has 0 aromatic heterocycles. The van der Waals surface area contributed by atoms with Crippen molar-refractivity contribution in [2.45, 2.75) is 0 Å². The molecule has 2 rings (SSSR count). The number of benzene rings is 2. The molecule has 0 aliphatic heterocycles. The van der Waals surface area contributed by atoms with E-state index in [0.717, 1.165) is 6.21 Å². The fraction of sp³-hybridized carbons (Fsp3) is 0.118. The molecule has 0 atom stereocenters. The first-order valence-electron chi connectivity index (χ1n) is 7.26. The topological polar surface area (TPSA) is 89.0 Å². The van der Waals surface area contributed by atoms with E-state index in [0.29, 0.717) is 11.5 Å². The minimum absolute atomic E-state index is 0.00769. The molecular formula is C17H15ClFN3O4. The number of anilines is 1. The van der Waals surface area contributed by atoms with Crippen molar-refractivity contribution in [3.8, 4) is 11.5 Å². The molecule has 9 heteroatoms. The average Bonchev–Trinajstić information content (AvgIpc) is 2.64. The van der Waals surface area contributed by atoms with Crippen molar-refractivity contribution in [2.24, 2.45) is 5.10 Å². The number of nitrogens with zero attached hydrogens (tertiary/aromatic N) is 1. The summed E-state index contributed by atoms with van der Waals surface area (Å²) >= 11 is 5.83. The molecular weight excluding hydrogens is 365 g/mol. The molecule has 26 heavy (non-hydrogen) atoms. The molecule has 0 aliphatic rings. The van der Waals surface area contributed by atoms with Gasteiger partial charge in [-0.1, -0.05) is 17.7 Å². The number of hydrazone groups is 1. The summed E-state index contributed by atoms with van der Waals surface area (Å²) in [4.78, 5) is 23.7. The van der Waals surface area contributed by atoms with E-state index in [1.807, 2.05) is 5.43 Å². The monoisotopic (exact) mass is 379 g/mol. The van der Waals surface area contributed by atoms with Gasteiger partial charge in [-0.15, -0.1) is 0 Å². The number of amides is 2. The van der Waals surface area contributed by atoms with Gasteiger partial charge in [0.05, 0.1) is 31.1 Å². The van der Waals surface area contributed by atoms with E-state index in [1.54, 1.807) is 12.1 Å². The van der Waals surface area contributed by atoms with Crippen molar-refractivity contribution in [2.75, 3.05) is 19.5 Å². The summed E-state index contributed by atoms with van der Waals surface area (Å²) < 4.78 is 23.7. The Labute approximate surface area is 153 Å². The van der Waals surface area contributed by atoms with Crippen molar-refractivity contribution in [1.29, 1.82) is 0 Å². The van der Waals surface area contributed by atoms with Crippen LogP contribution >= 0.6 is 11.6 Å². The molecule has 0 heterocycles. The second-order valence-electron chi connectivity index (χ2n) is 4.85. The van der Waals surface area contributed by atoms with Gasteiger partial charge in [0, 0.05) is 11.6 Å². The highest BCUT2D eigenvalue weighted by Gasteiger charge is 2.16. The van der Waals surface area contributed by atoms with Gasteiger partial charge in [-0.3, -0.25) is 9.59 Å². The number of methoxy groups -OCH3 is 2. The zero-order chi connectivity index (χ0) is 19.1. The van der Waals surface area contributed by atoms with Gasteiger partial charge in [0.15, 0.2) is 0 Å². The first-order chi connectivity index (χ1) is 12.5. The molecule has 0 bridgehead atoms. The second-order valence-corrected chi connectivity index (χ2v) is 5.26. The minimum atomic E-state index is -1.05. The maximum absolute atomic E-state index is 13.6. The van der Waals surface area contributed by atoms with Crippen LogP contribution in [0.4, 0.5) is 10.1 Å². The van der Waals surface area contributed by atoms with Crippen molar-refractivity contribution in [1.82, 2.24) is 5.43 Å². The zero-order valence-electron chi connectivity index (χ0n) is 13.9. The number of hydrogen-bond donors (Lipinski definition) is 2. The van der Waals surface area contributed by atoms with Crippen LogP contribution in [-0.4, -0.2) is 32.2 Å². The number of nitrogens with one attached hydrogen (secondary N) is 2. The molecule has 0 unspecified atom stereocenters. The maximum atomic E-state index is 13.6. The van der Waals surface area contributed by atoms with E-state index in [4.69, 9.17) is 21.1 Å². The summed E-state index contributed by atoms with van der Waals surface area (Å²) in [5.74, 6) is -1.80. The largest absolute Gasteiger partial charge is 0.497 e. The molecule has 2 aromatic carbocycles. The standard InChI is InChI=1S/C17H15ClFN3O4/c1-25-10-6-7-14(15(8-10)26-2)21-16(23)17(24)22-20-9-11-12(18)4-3-5-13(11)19/h3-9H,1-2H3,(H,21,23)(H,22,24)/b20-9+. The molecule has 0 radical (unpaired) electrons. The lowest BCUT2D eigenvalue weighted by Gasteiger charge is -2.10. The highest BCUT2D eigenvalue weighted by atomic mass is 35.5. The highest BCUT2D eigenvalue weighted by Crippen LogP contribution is 2.28. The predicted molar refractivity (Wildman–Crippen MR) is 95.3 cm³/mol. The third-order valence-electron chi connectivity index (χ3n) is 3.22. The third-order valence-corrected chi connectivity index (χ3v) is 3.55. The van der Waals surface area contributed by atoms with Gasteiger partial charge in [-0.25, -0.2) is 9.82 Å². The summed E-state index contributed by atoms with van der Waals surface area (Å²) in [5.41, 5.74) is 2.26. The van der Waals surface area contributed by atoms with Crippen molar-refractivity contribution in [3.05, 3.63) is 52.8 Å². The fourth-order valence-electron chi connectivity index (χ4n) is 1.92. The van der Waals surface area contributed by atoms with Crippen LogP contribution in [0.25, 0.3) is 0 Å². The van der Waals surface area contributed by atoms with Crippen LogP contribution in [0.2, 0.25) is 5.02 Å². The van der Waals surface area contributed by atoms with E-state index in [-0.39, 0.29) is 16.3 Å². The Bertz CT molecular complexity index is 838. The SMILES string of the molecule is COc1ccc(NC(=O)C(=O)N/N=C/c2c(F)cccc2Cl)c(OC)c1. The highest BCUT2D eigenvalue weighted by molar-refractivity contribution is 6.39. The normalized spacial score (nSPS) is 10.5. The number of halogens is 2. The average molecular weight is 380 g/mol. The Morgan fingerprint density at radius 3 is 2.58 bits per heavy atom. The van der Waals surface area contributed by atoms with Gasteiger partial charge >= 0.3 is 11.8 Å². The number of rotatable bonds is 5. The number of hydrogen-bond acceptors (Lipinski definition) is 5. The predicted octanol–water partition coefficient (Wildman–Crippen LogP) is 2.59. The molecule has 0 aliphatic carbocycles. The van der Waals surface area contributed by atoms with Gasteiger partial charge in [0.2, 0.25) is 0 Å². The lowest BCUT2D eigenvalue weighted by molar-refractivity contribution is -0.136. The van der Waals surface area contributed by atoms with Gasteiger partial charge in [0.25, 0.3) is 0 Å². The van der Waals surface area contributed by atoms with Crippen LogP contribution in [0, 0.1) is 5.82 Å². The molecule has 0 spiro atoms. The van der Waals surface area contributed by atoms with Crippen molar-refractivity contribution < 1.29 is 23.5 Å². The molecule has 0 saturated heterocycles. The quantitative estimate of drug-likeness (QED) is 0.474. The van der Waals surface area contributed by atoms with E-state index in [2.05, 4.69) is 10.4 Å². The van der Waals surface area contributed by atoms with Crippen molar-refractivity contribution >= 4 is 35.3 Å².